The van der Waals surface area contributed by atoms with Gasteiger partial charge in [0.15, 0.2) is 6.10 Å². The Morgan fingerprint density at radius 1 is 1.13 bits per heavy atom. The second-order valence-corrected chi connectivity index (χ2v) is 8.32. The van der Waals surface area contributed by atoms with Crippen LogP contribution in [0.15, 0.2) is 35.4 Å². The van der Waals surface area contributed by atoms with Gasteiger partial charge in [-0.3, -0.25) is 4.79 Å². The van der Waals surface area contributed by atoms with E-state index in [9.17, 15) is 4.79 Å². The highest BCUT2D eigenvalue weighted by atomic mass is 16.5. The number of carbonyl (C=O) groups is 1. The highest BCUT2D eigenvalue weighted by Crippen LogP contribution is 2.37. The molecular weight excluding hydrogens is 288 g/mol. The number of hydrazone groups is 1. The van der Waals surface area contributed by atoms with Crippen molar-refractivity contribution in [2.75, 3.05) is 0 Å². The van der Waals surface area contributed by atoms with Crippen LogP contribution in [0.5, 0.6) is 0 Å². The number of amides is 1. The fraction of sp³-hybridized carbons (Fsp3) is 0.579. The first-order valence-corrected chi connectivity index (χ1v) is 8.13. The Labute approximate surface area is 139 Å². The number of nitrogens with zero attached hydrogens (tertiary/aromatic N) is 2. The van der Waals surface area contributed by atoms with Crippen LogP contribution < -0.4 is 0 Å². The van der Waals surface area contributed by atoms with Crippen LogP contribution in [0, 0.1) is 10.8 Å². The van der Waals surface area contributed by atoms with Crippen molar-refractivity contribution in [3.8, 4) is 0 Å². The minimum atomic E-state index is -0.424. The molecular formula is C19H28N2O2. The maximum atomic E-state index is 12.4. The second kappa shape index (κ2) is 6.44. The van der Waals surface area contributed by atoms with Crippen molar-refractivity contribution in [1.29, 1.82) is 0 Å². The minimum absolute atomic E-state index is 0.0442. The second-order valence-electron chi connectivity index (χ2n) is 8.32. The number of benzene rings is 1. The molecule has 1 saturated heterocycles. The zero-order valence-electron chi connectivity index (χ0n) is 15.0. The molecule has 23 heavy (non-hydrogen) atoms. The molecule has 2 rings (SSSR count). The Bertz CT molecular complexity index is 567. The molecule has 0 aromatic heterocycles. The van der Waals surface area contributed by atoms with Crippen molar-refractivity contribution in [2.24, 2.45) is 15.9 Å². The zero-order chi connectivity index (χ0) is 17.3. The van der Waals surface area contributed by atoms with Crippen LogP contribution in [0.25, 0.3) is 0 Å². The standard InChI is InChI=1S/C19H28N2O2/c1-18(2,3)13-20-21-16(19(4,5)6)15(17(21)22)23-12-14-10-8-7-9-11-14/h7-11,13,15-16H,12H2,1-6H3/b20-13+/t15-,16-/m1/s1. The fourth-order valence-corrected chi connectivity index (χ4v) is 2.56. The normalized spacial score (nSPS) is 22.5. The number of carbonyl (C=O) groups excluding carboxylic acids is 1. The minimum Gasteiger partial charge on any atom is -0.361 e. The number of ether oxygens (including phenoxy) is 1. The number of β-lactam (4-membered cyclic amide) rings is 1. The van der Waals surface area contributed by atoms with Gasteiger partial charge in [-0.15, -0.1) is 0 Å². The summed E-state index contributed by atoms with van der Waals surface area (Å²) in [6.07, 6.45) is 1.41. The molecule has 1 aromatic carbocycles. The highest BCUT2D eigenvalue weighted by Gasteiger charge is 2.54. The molecule has 1 heterocycles. The fourth-order valence-electron chi connectivity index (χ4n) is 2.56. The van der Waals surface area contributed by atoms with Crippen molar-refractivity contribution in [3.05, 3.63) is 35.9 Å². The summed E-state index contributed by atoms with van der Waals surface area (Å²) < 4.78 is 5.91. The lowest BCUT2D eigenvalue weighted by molar-refractivity contribution is -0.186. The Hall–Kier alpha value is -1.68. The average molecular weight is 316 g/mol. The Morgan fingerprint density at radius 3 is 2.26 bits per heavy atom. The van der Waals surface area contributed by atoms with Gasteiger partial charge in [0.25, 0.3) is 5.91 Å². The summed E-state index contributed by atoms with van der Waals surface area (Å²) in [6.45, 7) is 13.0. The summed E-state index contributed by atoms with van der Waals surface area (Å²) >= 11 is 0. The molecule has 1 aliphatic rings. The molecule has 0 N–H and O–H groups in total. The predicted octanol–water partition coefficient (Wildman–Crippen LogP) is 3.86. The molecule has 1 aliphatic heterocycles. The van der Waals surface area contributed by atoms with Gasteiger partial charge in [0.05, 0.1) is 12.6 Å². The van der Waals surface area contributed by atoms with Gasteiger partial charge < -0.3 is 4.74 Å². The molecule has 0 spiro atoms. The van der Waals surface area contributed by atoms with Gasteiger partial charge >= 0.3 is 0 Å². The first kappa shape index (κ1) is 17.7. The molecule has 0 saturated carbocycles. The van der Waals surface area contributed by atoms with Gasteiger partial charge in [0.2, 0.25) is 0 Å². The quantitative estimate of drug-likeness (QED) is 0.625. The molecule has 0 bridgehead atoms. The van der Waals surface area contributed by atoms with E-state index in [0.29, 0.717) is 6.61 Å². The van der Waals surface area contributed by atoms with E-state index in [2.05, 4.69) is 46.6 Å². The molecule has 0 radical (unpaired) electrons. The summed E-state index contributed by atoms with van der Waals surface area (Å²) in [4.78, 5) is 12.4. The molecule has 0 unspecified atom stereocenters. The lowest BCUT2D eigenvalue weighted by Gasteiger charge is -2.49. The third-order valence-corrected chi connectivity index (χ3v) is 3.75. The largest absolute Gasteiger partial charge is 0.361 e. The van der Waals surface area contributed by atoms with Crippen molar-refractivity contribution < 1.29 is 9.53 Å². The lowest BCUT2D eigenvalue weighted by atomic mass is 9.78. The summed E-state index contributed by atoms with van der Waals surface area (Å²) in [5.74, 6) is -0.0543. The van der Waals surface area contributed by atoms with Crippen LogP contribution in [0.1, 0.15) is 47.1 Å². The summed E-state index contributed by atoms with van der Waals surface area (Å²) in [6, 6.07) is 9.89. The molecule has 0 aliphatic carbocycles. The third-order valence-electron chi connectivity index (χ3n) is 3.75. The molecule has 1 amide bonds. The van der Waals surface area contributed by atoms with Gasteiger partial charge in [-0.2, -0.15) is 5.10 Å². The van der Waals surface area contributed by atoms with Crippen molar-refractivity contribution >= 4 is 12.1 Å². The molecule has 4 heteroatoms. The molecule has 1 aromatic rings. The maximum Gasteiger partial charge on any atom is 0.274 e. The summed E-state index contributed by atoms with van der Waals surface area (Å²) in [5.41, 5.74) is 0.924. The van der Waals surface area contributed by atoms with Crippen LogP contribution in [-0.2, 0) is 16.1 Å². The van der Waals surface area contributed by atoms with Gasteiger partial charge in [-0.25, -0.2) is 5.01 Å². The van der Waals surface area contributed by atoms with Gasteiger partial charge in [0.1, 0.15) is 0 Å². The van der Waals surface area contributed by atoms with Gasteiger partial charge in [-0.05, 0) is 16.4 Å². The molecule has 126 valence electrons. The summed E-state index contributed by atoms with van der Waals surface area (Å²) in [7, 11) is 0. The van der Waals surface area contributed by atoms with E-state index in [4.69, 9.17) is 4.74 Å². The molecule has 4 nitrogen and oxygen atoms in total. The van der Waals surface area contributed by atoms with Gasteiger partial charge in [-0.1, -0.05) is 71.9 Å². The molecule has 2 atom stereocenters. The van der Waals surface area contributed by atoms with Crippen molar-refractivity contribution in [2.45, 2.75) is 60.3 Å². The Balaban J connectivity index is 2.08. The first-order chi connectivity index (χ1) is 10.6. The third kappa shape index (κ3) is 4.41. The molecule has 1 fully saturated rings. The Kier molecular flexibility index (Phi) is 4.95. The van der Waals surface area contributed by atoms with Crippen LogP contribution in [-0.4, -0.2) is 29.3 Å². The Morgan fingerprint density at radius 2 is 1.74 bits per heavy atom. The first-order valence-electron chi connectivity index (χ1n) is 8.13. The lowest BCUT2D eigenvalue weighted by Crippen LogP contribution is -2.68. The van der Waals surface area contributed by atoms with E-state index >= 15 is 0 Å². The van der Waals surface area contributed by atoms with Crippen LogP contribution in [0.3, 0.4) is 0 Å². The van der Waals surface area contributed by atoms with Gasteiger partial charge in [0, 0.05) is 6.21 Å². The van der Waals surface area contributed by atoms with Crippen LogP contribution >= 0.6 is 0 Å². The SMILES string of the molecule is CC(C)(C)/C=N/N1C(=O)[C@H](OCc2ccccc2)[C@@H]1C(C)(C)C. The van der Waals surface area contributed by atoms with Crippen molar-refractivity contribution in [3.63, 3.8) is 0 Å². The number of hydrogen-bond acceptors (Lipinski definition) is 3. The smallest absolute Gasteiger partial charge is 0.274 e. The highest BCUT2D eigenvalue weighted by molar-refractivity contribution is 5.89. The zero-order valence-corrected chi connectivity index (χ0v) is 15.0. The van der Waals surface area contributed by atoms with E-state index in [-0.39, 0.29) is 22.8 Å². The van der Waals surface area contributed by atoms with E-state index in [1.807, 2.05) is 36.5 Å². The van der Waals surface area contributed by atoms with E-state index in [1.54, 1.807) is 5.01 Å². The van der Waals surface area contributed by atoms with Crippen LogP contribution in [0.4, 0.5) is 0 Å². The average Bonchev–Trinajstić information content (AvgIpc) is 2.43. The van der Waals surface area contributed by atoms with E-state index in [0.717, 1.165) is 5.56 Å². The number of hydrogen-bond donors (Lipinski definition) is 0. The van der Waals surface area contributed by atoms with E-state index < -0.39 is 6.10 Å². The maximum absolute atomic E-state index is 12.4. The van der Waals surface area contributed by atoms with Crippen LogP contribution in [0.2, 0.25) is 0 Å². The topological polar surface area (TPSA) is 41.9 Å². The summed E-state index contributed by atoms with van der Waals surface area (Å²) in [5, 5.41) is 6.00. The predicted molar refractivity (Wildman–Crippen MR) is 93.1 cm³/mol. The number of rotatable bonds is 4. The van der Waals surface area contributed by atoms with Crippen molar-refractivity contribution in [1.82, 2.24) is 5.01 Å². The monoisotopic (exact) mass is 316 g/mol. The van der Waals surface area contributed by atoms with E-state index in [1.165, 1.54) is 0 Å².